The molecule has 0 saturated heterocycles. The number of aromatic nitrogens is 5. The van der Waals surface area contributed by atoms with Gasteiger partial charge >= 0.3 is 0 Å². The van der Waals surface area contributed by atoms with Crippen LogP contribution in [0.1, 0.15) is 62.9 Å². The summed E-state index contributed by atoms with van der Waals surface area (Å²) in [6, 6.07) is 8.18. The summed E-state index contributed by atoms with van der Waals surface area (Å²) in [4.78, 5) is 18.6. The predicted octanol–water partition coefficient (Wildman–Crippen LogP) is 3.46. The van der Waals surface area contributed by atoms with Crippen molar-refractivity contribution in [1.29, 1.82) is 0 Å². The molecule has 1 aliphatic carbocycles. The monoisotopic (exact) mass is 454 g/mol. The van der Waals surface area contributed by atoms with E-state index in [0.717, 1.165) is 47.3 Å². The maximum absolute atomic E-state index is 13.1. The minimum Gasteiger partial charge on any atom is -0.497 e. The van der Waals surface area contributed by atoms with E-state index in [1.54, 1.807) is 14.2 Å². The van der Waals surface area contributed by atoms with Crippen LogP contribution in [-0.4, -0.2) is 57.0 Å². The Morgan fingerprint density at radius 2 is 2.03 bits per heavy atom. The van der Waals surface area contributed by atoms with Crippen LogP contribution >= 0.6 is 0 Å². The Hall–Kier alpha value is -2.78. The van der Waals surface area contributed by atoms with Crippen LogP contribution in [0, 0.1) is 0 Å². The van der Waals surface area contributed by atoms with Gasteiger partial charge in [0.2, 0.25) is 0 Å². The van der Waals surface area contributed by atoms with Crippen LogP contribution in [0.25, 0.3) is 10.9 Å². The number of nitrogens with one attached hydrogen (secondary N) is 1. The molecule has 9 nitrogen and oxygen atoms in total. The van der Waals surface area contributed by atoms with Crippen molar-refractivity contribution in [3.63, 3.8) is 0 Å². The van der Waals surface area contributed by atoms with Gasteiger partial charge in [-0.2, -0.15) is 0 Å². The first kappa shape index (κ1) is 23.4. The third kappa shape index (κ3) is 5.25. The number of rotatable bonds is 10. The van der Waals surface area contributed by atoms with E-state index < -0.39 is 0 Å². The molecule has 0 spiro atoms. The third-order valence-electron chi connectivity index (χ3n) is 6.68. The molecule has 0 aliphatic heterocycles. The van der Waals surface area contributed by atoms with Crippen LogP contribution in [0.3, 0.4) is 0 Å². The second kappa shape index (κ2) is 10.9. The largest absolute Gasteiger partial charge is 0.497 e. The van der Waals surface area contributed by atoms with E-state index in [1.165, 1.54) is 19.3 Å². The van der Waals surface area contributed by atoms with Crippen LogP contribution in [0.2, 0.25) is 0 Å². The van der Waals surface area contributed by atoms with Crippen molar-refractivity contribution in [2.75, 3.05) is 20.8 Å². The first-order valence-corrected chi connectivity index (χ1v) is 11.8. The van der Waals surface area contributed by atoms with E-state index in [2.05, 4.69) is 32.3 Å². The quantitative estimate of drug-likeness (QED) is 0.501. The van der Waals surface area contributed by atoms with Gasteiger partial charge in [-0.05, 0) is 53.3 Å². The summed E-state index contributed by atoms with van der Waals surface area (Å²) in [5.74, 6) is 1.56. The van der Waals surface area contributed by atoms with Crippen LogP contribution in [0.5, 0.6) is 5.75 Å². The lowest BCUT2D eigenvalue weighted by Gasteiger charge is -2.39. The van der Waals surface area contributed by atoms with Crippen molar-refractivity contribution in [3.05, 3.63) is 46.0 Å². The van der Waals surface area contributed by atoms with Gasteiger partial charge in [-0.25, -0.2) is 4.68 Å². The number of ether oxygens (including phenoxy) is 2. The highest BCUT2D eigenvalue weighted by Crippen LogP contribution is 2.33. The van der Waals surface area contributed by atoms with Crippen molar-refractivity contribution in [1.82, 2.24) is 30.1 Å². The lowest BCUT2D eigenvalue weighted by Crippen LogP contribution is -2.41. The minimum atomic E-state index is -0.0645. The number of fused-ring (bicyclic) bond motifs is 1. The number of methoxy groups -OCH3 is 2. The fraction of sp³-hybridized carbons (Fsp3) is 0.583. The summed E-state index contributed by atoms with van der Waals surface area (Å²) in [6.45, 7) is 3.86. The molecule has 0 amide bonds. The van der Waals surface area contributed by atoms with Crippen molar-refractivity contribution < 1.29 is 9.47 Å². The predicted molar refractivity (Wildman–Crippen MR) is 126 cm³/mol. The molecule has 2 heterocycles. The van der Waals surface area contributed by atoms with E-state index in [9.17, 15) is 4.79 Å². The van der Waals surface area contributed by atoms with Gasteiger partial charge in [-0.15, -0.1) is 5.10 Å². The average Bonchev–Trinajstić information content (AvgIpc) is 3.31. The molecule has 1 saturated carbocycles. The van der Waals surface area contributed by atoms with Gasteiger partial charge in [0.25, 0.3) is 5.56 Å². The molecule has 178 valence electrons. The number of nitrogens with zero attached hydrogens (tertiary/aromatic N) is 5. The van der Waals surface area contributed by atoms with E-state index >= 15 is 0 Å². The summed E-state index contributed by atoms with van der Waals surface area (Å²) >= 11 is 0. The second-order valence-electron chi connectivity index (χ2n) is 8.72. The molecule has 1 atom stereocenters. The Labute approximate surface area is 194 Å². The number of tetrazole rings is 1. The summed E-state index contributed by atoms with van der Waals surface area (Å²) in [6.07, 6.45) is 6.79. The Kier molecular flexibility index (Phi) is 7.72. The number of hydrogen-bond acceptors (Lipinski definition) is 7. The first-order valence-electron chi connectivity index (χ1n) is 11.8. The summed E-state index contributed by atoms with van der Waals surface area (Å²) in [5.41, 5.74) is 1.47. The zero-order valence-electron chi connectivity index (χ0n) is 19.8. The SMILES string of the molecule is CCC(c1nnnn1CCOC)N(Cc1cc2ccc(OC)cc2[nH]c1=O)C1CCCCC1. The maximum atomic E-state index is 13.1. The second-order valence-corrected chi connectivity index (χ2v) is 8.72. The van der Waals surface area contributed by atoms with E-state index in [-0.39, 0.29) is 11.6 Å². The van der Waals surface area contributed by atoms with Gasteiger partial charge < -0.3 is 14.5 Å². The third-order valence-corrected chi connectivity index (χ3v) is 6.68. The molecule has 1 N–H and O–H groups in total. The Morgan fingerprint density at radius 1 is 1.21 bits per heavy atom. The van der Waals surface area contributed by atoms with Crippen molar-refractivity contribution in [3.8, 4) is 5.75 Å². The number of pyridine rings is 1. The van der Waals surface area contributed by atoms with Gasteiger partial charge in [0, 0.05) is 31.3 Å². The molecule has 1 fully saturated rings. The van der Waals surface area contributed by atoms with Crippen LogP contribution in [0.15, 0.2) is 29.1 Å². The fourth-order valence-corrected chi connectivity index (χ4v) is 4.93. The summed E-state index contributed by atoms with van der Waals surface area (Å²) < 4.78 is 12.4. The van der Waals surface area contributed by atoms with Crippen LogP contribution < -0.4 is 10.3 Å². The van der Waals surface area contributed by atoms with Crippen molar-refractivity contribution in [2.45, 2.75) is 70.6 Å². The maximum Gasteiger partial charge on any atom is 0.252 e. The van der Waals surface area contributed by atoms with E-state index in [1.807, 2.05) is 28.9 Å². The van der Waals surface area contributed by atoms with Crippen molar-refractivity contribution >= 4 is 10.9 Å². The zero-order chi connectivity index (χ0) is 23.2. The average molecular weight is 455 g/mol. The molecule has 4 rings (SSSR count). The molecular formula is C24H34N6O3. The molecule has 1 aliphatic rings. The molecule has 9 heteroatoms. The lowest BCUT2D eigenvalue weighted by molar-refractivity contribution is 0.0826. The Morgan fingerprint density at radius 3 is 2.76 bits per heavy atom. The molecule has 2 aromatic heterocycles. The highest BCUT2D eigenvalue weighted by molar-refractivity contribution is 5.80. The number of aromatic amines is 1. The molecule has 1 unspecified atom stereocenters. The highest BCUT2D eigenvalue weighted by Gasteiger charge is 2.31. The van der Waals surface area contributed by atoms with Gasteiger partial charge in [0.15, 0.2) is 5.82 Å². The van der Waals surface area contributed by atoms with E-state index in [0.29, 0.717) is 25.7 Å². The zero-order valence-corrected chi connectivity index (χ0v) is 19.8. The molecular weight excluding hydrogens is 420 g/mol. The van der Waals surface area contributed by atoms with Gasteiger partial charge in [0.05, 0.1) is 31.8 Å². The van der Waals surface area contributed by atoms with Gasteiger partial charge in [-0.1, -0.05) is 26.2 Å². The standard InChI is InChI=1S/C24H34N6O3/c1-4-22(23-26-27-28-30(23)12-13-32-2)29(19-8-6-5-7-9-19)16-18-14-17-10-11-20(33-3)15-21(17)25-24(18)31/h10-11,14-15,19,22H,4-9,12-13,16H2,1-3H3,(H,25,31). The smallest absolute Gasteiger partial charge is 0.252 e. The molecule has 33 heavy (non-hydrogen) atoms. The lowest BCUT2D eigenvalue weighted by atomic mass is 9.92. The van der Waals surface area contributed by atoms with Crippen molar-refractivity contribution in [2.24, 2.45) is 0 Å². The molecule has 1 aromatic carbocycles. The summed E-state index contributed by atoms with van der Waals surface area (Å²) in [7, 11) is 3.30. The topological polar surface area (TPSA) is 98.2 Å². The molecule has 3 aromatic rings. The fourth-order valence-electron chi connectivity index (χ4n) is 4.93. The minimum absolute atomic E-state index is 0.0194. The van der Waals surface area contributed by atoms with Crippen LogP contribution in [-0.2, 0) is 17.8 Å². The number of hydrogen-bond donors (Lipinski definition) is 1. The Balaban J connectivity index is 1.69. The molecule has 0 radical (unpaired) electrons. The normalized spacial score (nSPS) is 15.9. The van der Waals surface area contributed by atoms with Gasteiger partial charge in [0.1, 0.15) is 5.75 Å². The van der Waals surface area contributed by atoms with Crippen LogP contribution in [0.4, 0.5) is 0 Å². The summed E-state index contributed by atoms with van der Waals surface area (Å²) in [5, 5.41) is 13.5. The van der Waals surface area contributed by atoms with E-state index in [4.69, 9.17) is 9.47 Å². The molecule has 0 bridgehead atoms. The first-order chi connectivity index (χ1) is 16.1. The Bertz CT molecular complexity index is 1110. The number of benzene rings is 1. The van der Waals surface area contributed by atoms with Gasteiger partial charge in [-0.3, -0.25) is 9.69 Å². The number of H-pyrrole nitrogens is 1. The highest BCUT2D eigenvalue weighted by atomic mass is 16.5.